The minimum Gasteiger partial charge on any atom is -0.481 e. The van der Waals surface area contributed by atoms with Crippen molar-refractivity contribution < 1.29 is 19.5 Å². The van der Waals surface area contributed by atoms with Crippen LogP contribution in [0.2, 0.25) is 0 Å². The maximum Gasteiger partial charge on any atom is 0.321 e. The molecule has 3 amide bonds. The van der Waals surface area contributed by atoms with Gasteiger partial charge < -0.3 is 15.3 Å². The summed E-state index contributed by atoms with van der Waals surface area (Å²) < 4.78 is 0. The van der Waals surface area contributed by atoms with Crippen LogP contribution in [-0.2, 0) is 9.59 Å². The third kappa shape index (κ3) is 9.84. The van der Waals surface area contributed by atoms with Gasteiger partial charge in [0.1, 0.15) is 0 Å². The Morgan fingerprint density at radius 1 is 1.19 bits per heavy atom. The smallest absolute Gasteiger partial charge is 0.321 e. The summed E-state index contributed by atoms with van der Waals surface area (Å²) in [7, 11) is 1.98. The molecule has 0 rings (SSSR count). The fourth-order valence-electron chi connectivity index (χ4n) is 1.79. The molecule has 0 saturated carbocycles. The number of imide groups is 1. The molecule has 0 aliphatic rings. The number of hydrogen-bond donors (Lipinski definition) is 3. The molecule has 0 spiro atoms. The summed E-state index contributed by atoms with van der Waals surface area (Å²) in [6.07, 6.45) is 0.962. The van der Waals surface area contributed by atoms with Gasteiger partial charge in [0.2, 0.25) is 5.91 Å². The largest absolute Gasteiger partial charge is 0.481 e. The number of carboxylic acid groups (broad SMARTS) is 1. The van der Waals surface area contributed by atoms with Crippen LogP contribution in [0, 0.1) is 5.92 Å². The fraction of sp³-hybridized carbons (Fsp3) is 0.786. The first-order valence-electron chi connectivity index (χ1n) is 7.25. The number of nitrogens with zero attached hydrogens (tertiary/aromatic N) is 1. The highest BCUT2D eigenvalue weighted by atomic mass is 16.4. The van der Waals surface area contributed by atoms with E-state index in [0.29, 0.717) is 19.1 Å². The van der Waals surface area contributed by atoms with Crippen molar-refractivity contribution in [3.8, 4) is 0 Å². The standard InChI is InChI=1S/C14H27N3O4/c1-5-11(3)17(4)7-6-15-14(21)16-12(18)8-10(2)9-13(19)20/h10-11H,5-9H2,1-4H3,(H,19,20)(H2,15,16,18,21). The van der Waals surface area contributed by atoms with Gasteiger partial charge in [-0.15, -0.1) is 0 Å². The van der Waals surface area contributed by atoms with E-state index < -0.39 is 17.9 Å². The Morgan fingerprint density at radius 2 is 1.81 bits per heavy atom. The van der Waals surface area contributed by atoms with Gasteiger partial charge in [0.15, 0.2) is 0 Å². The first kappa shape index (κ1) is 19.4. The number of hydrogen-bond acceptors (Lipinski definition) is 4. The van der Waals surface area contributed by atoms with E-state index in [2.05, 4.69) is 29.4 Å². The Morgan fingerprint density at radius 3 is 2.33 bits per heavy atom. The zero-order valence-corrected chi connectivity index (χ0v) is 13.3. The van der Waals surface area contributed by atoms with E-state index in [9.17, 15) is 14.4 Å². The second kappa shape index (κ2) is 10.1. The molecule has 0 aliphatic carbocycles. The van der Waals surface area contributed by atoms with E-state index in [1.165, 1.54) is 0 Å². The SMILES string of the molecule is CCC(C)N(C)CCNC(=O)NC(=O)CC(C)CC(=O)O. The highest BCUT2D eigenvalue weighted by molar-refractivity contribution is 5.94. The number of carbonyl (C=O) groups is 3. The molecule has 0 saturated heterocycles. The van der Waals surface area contributed by atoms with Crippen LogP contribution in [0.1, 0.15) is 40.0 Å². The van der Waals surface area contributed by atoms with Crippen LogP contribution in [0.3, 0.4) is 0 Å². The number of urea groups is 1. The first-order valence-corrected chi connectivity index (χ1v) is 7.25. The van der Waals surface area contributed by atoms with Crippen molar-refractivity contribution in [3.63, 3.8) is 0 Å². The van der Waals surface area contributed by atoms with Gasteiger partial charge in [0.25, 0.3) is 0 Å². The van der Waals surface area contributed by atoms with Crippen molar-refractivity contribution >= 4 is 17.9 Å². The molecule has 21 heavy (non-hydrogen) atoms. The highest BCUT2D eigenvalue weighted by Crippen LogP contribution is 2.06. The summed E-state index contributed by atoms with van der Waals surface area (Å²) in [5.41, 5.74) is 0. The summed E-state index contributed by atoms with van der Waals surface area (Å²) in [5, 5.41) is 13.4. The van der Waals surface area contributed by atoms with E-state index in [1.807, 2.05) is 7.05 Å². The molecule has 0 aromatic heterocycles. The third-order valence-corrected chi connectivity index (χ3v) is 3.40. The lowest BCUT2D eigenvalue weighted by Gasteiger charge is -2.23. The Kier molecular flexibility index (Phi) is 9.36. The van der Waals surface area contributed by atoms with Crippen molar-refractivity contribution in [3.05, 3.63) is 0 Å². The van der Waals surface area contributed by atoms with Crippen molar-refractivity contribution in [2.45, 2.75) is 46.1 Å². The second-order valence-corrected chi connectivity index (χ2v) is 5.45. The maximum absolute atomic E-state index is 11.5. The van der Waals surface area contributed by atoms with Crippen LogP contribution in [0.5, 0.6) is 0 Å². The third-order valence-electron chi connectivity index (χ3n) is 3.40. The van der Waals surface area contributed by atoms with Crippen LogP contribution < -0.4 is 10.6 Å². The van der Waals surface area contributed by atoms with Crippen molar-refractivity contribution in [1.82, 2.24) is 15.5 Å². The topological polar surface area (TPSA) is 98.7 Å². The average Bonchev–Trinajstić information content (AvgIpc) is 2.35. The molecule has 122 valence electrons. The summed E-state index contributed by atoms with van der Waals surface area (Å²) in [6.45, 7) is 7.01. The first-order chi connectivity index (χ1) is 9.76. The fourth-order valence-corrected chi connectivity index (χ4v) is 1.79. The monoisotopic (exact) mass is 301 g/mol. The lowest BCUT2D eigenvalue weighted by molar-refractivity contribution is -0.138. The molecule has 0 aromatic carbocycles. The van der Waals surface area contributed by atoms with Crippen molar-refractivity contribution in [1.29, 1.82) is 0 Å². The molecular weight excluding hydrogens is 274 g/mol. The average molecular weight is 301 g/mol. The number of carbonyl (C=O) groups excluding carboxylic acids is 2. The number of likely N-dealkylation sites (N-methyl/N-ethyl adjacent to an activating group) is 1. The number of amides is 3. The van der Waals surface area contributed by atoms with E-state index >= 15 is 0 Å². The van der Waals surface area contributed by atoms with E-state index in [0.717, 1.165) is 6.42 Å². The van der Waals surface area contributed by atoms with Crippen LogP contribution in [0.4, 0.5) is 4.79 Å². The molecule has 0 heterocycles. The van der Waals surface area contributed by atoms with Crippen LogP contribution in [0.15, 0.2) is 0 Å². The van der Waals surface area contributed by atoms with Gasteiger partial charge in [-0.25, -0.2) is 4.79 Å². The normalized spacial score (nSPS) is 13.6. The van der Waals surface area contributed by atoms with Crippen LogP contribution in [0.25, 0.3) is 0 Å². The number of nitrogens with one attached hydrogen (secondary N) is 2. The molecule has 3 N–H and O–H groups in total. The zero-order valence-electron chi connectivity index (χ0n) is 13.3. The van der Waals surface area contributed by atoms with E-state index in [4.69, 9.17) is 5.11 Å². The van der Waals surface area contributed by atoms with Crippen LogP contribution in [-0.4, -0.2) is 54.1 Å². The quantitative estimate of drug-likeness (QED) is 0.591. The van der Waals surface area contributed by atoms with Crippen molar-refractivity contribution in [2.75, 3.05) is 20.1 Å². The summed E-state index contributed by atoms with van der Waals surface area (Å²) >= 11 is 0. The Balaban J connectivity index is 3.88. The van der Waals surface area contributed by atoms with E-state index in [-0.39, 0.29) is 18.8 Å². The Labute approximate surface area is 126 Å². The Bertz CT molecular complexity index is 360. The molecule has 0 fully saturated rings. The molecule has 0 aliphatic heterocycles. The number of aliphatic carboxylic acids is 1. The summed E-state index contributed by atoms with van der Waals surface area (Å²) in [6, 6.07) is -0.103. The molecule has 2 unspecified atom stereocenters. The van der Waals surface area contributed by atoms with Gasteiger partial charge in [0.05, 0.1) is 0 Å². The molecule has 0 bridgehead atoms. The Hall–Kier alpha value is -1.63. The van der Waals surface area contributed by atoms with Gasteiger partial charge in [-0.05, 0) is 26.3 Å². The van der Waals surface area contributed by atoms with Crippen LogP contribution >= 0.6 is 0 Å². The highest BCUT2D eigenvalue weighted by Gasteiger charge is 2.14. The molecule has 7 nitrogen and oxygen atoms in total. The number of rotatable bonds is 9. The second-order valence-electron chi connectivity index (χ2n) is 5.45. The minimum absolute atomic E-state index is 0.0203. The minimum atomic E-state index is -0.951. The van der Waals surface area contributed by atoms with Gasteiger partial charge in [-0.2, -0.15) is 0 Å². The van der Waals surface area contributed by atoms with Gasteiger partial charge in [0, 0.05) is 32.0 Å². The van der Waals surface area contributed by atoms with Gasteiger partial charge in [-0.3, -0.25) is 14.9 Å². The van der Waals surface area contributed by atoms with Gasteiger partial charge >= 0.3 is 12.0 Å². The summed E-state index contributed by atoms with van der Waals surface area (Å²) in [5.74, 6) is -1.71. The molecular formula is C14H27N3O4. The predicted octanol–water partition coefficient (Wildman–Crippen LogP) is 1.04. The number of carboxylic acids is 1. The van der Waals surface area contributed by atoms with Crippen molar-refractivity contribution in [2.24, 2.45) is 5.92 Å². The summed E-state index contributed by atoms with van der Waals surface area (Å²) in [4.78, 5) is 35.6. The zero-order chi connectivity index (χ0) is 16.4. The van der Waals surface area contributed by atoms with Gasteiger partial charge in [-0.1, -0.05) is 13.8 Å². The molecule has 0 aromatic rings. The predicted molar refractivity (Wildman–Crippen MR) is 80.0 cm³/mol. The lowest BCUT2D eigenvalue weighted by atomic mass is 10.0. The van der Waals surface area contributed by atoms with E-state index in [1.54, 1.807) is 6.92 Å². The lowest BCUT2D eigenvalue weighted by Crippen LogP contribution is -2.43. The molecule has 7 heteroatoms. The molecule has 2 atom stereocenters. The molecule has 0 radical (unpaired) electrons. The maximum atomic E-state index is 11.5.